The van der Waals surface area contributed by atoms with Crippen LogP contribution in [0.2, 0.25) is 5.02 Å². The van der Waals surface area contributed by atoms with Gasteiger partial charge in [0.05, 0.1) is 16.9 Å². The maximum Gasteiger partial charge on any atom is 0.189 e. The van der Waals surface area contributed by atoms with Crippen LogP contribution in [0, 0.1) is 5.82 Å². The molecule has 3 nitrogen and oxygen atoms in total. The summed E-state index contributed by atoms with van der Waals surface area (Å²) in [6.45, 7) is 0. The van der Waals surface area contributed by atoms with E-state index in [1.807, 2.05) is 0 Å². The fourth-order valence-electron chi connectivity index (χ4n) is 1.05. The third-order valence-corrected chi connectivity index (χ3v) is 2.75. The lowest BCUT2D eigenvalue weighted by molar-refractivity contribution is 0.628. The fraction of sp³-hybridized carbons (Fsp3) is 0. The van der Waals surface area contributed by atoms with Crippen molar-refractivity contribution in [2.24, 2.45) is 0 Å². The standard InChI is InChI=1S/C9H7ClFN3S/c10-6-3-5(11)1-2-7(6)14-9-13-4-8(12)15-9/h1-4H,12H2,(H,13,14). The number of thiazole rings is 1. The zero-order chi connectivity index (χ0) is 10.8. The van der Waals surface area contributed by atoms with Crippen LogP contribution in [0.1, 0.15) is 0 Å². The minimum Gasteiger partial charge on any atom is -0.389 e. The molecule has 0 bridgehead atoms. The van der Waals surface area contributed by atoms with Gasteiger partial charge in [-0.1, -0.05) is 22.9 Å². The molecule has 2 rings (SSSR count). The molecule has 1 heterocycles. The molecule has 0 aliphatic rings. The molecule has 15 heavy (non-hydrogen) atoms. The Bertz CT molecular complexity index is 486. The molecule has 0 saturated carbocycles. The molecule has 0 unspecified atom stereocenters. The Kier molecular flexibility index (Phi) is 2.75. The average Bonchev–Trinajstić information content (AvgIpc) is 2.56. The first kappa shape index (κ1) is 10.2. The molecule has 6 heteroatoms. The summed E-state index contributed by atoms with van der Waals surface area (Å²) in [5, 5.41) is 4.49. The van der Waals surface area contributed by atoms with Crippen molar-refractivity contribution in [1.82, 2.24) is 4.98 Å². The first-order valence-electron chi connectivity index (χ1n) is 4.08. The number of nitrogens with two attached hydrogens (primary N) is 1. The Balaban J connectivity index is 2.24. The second-order valence-corrected chi connectivity index (χ2v) is 4.29. The van der Waals surface area contributed by atoms with Crippen molar-refractivity contribution in [2.75, 3.05) is 11.1 Å². The molecule has 0 aliphatic carbocycles. The van der Waals surface area contributed by atoms with E-state index in [-0.39, 0.29) is 5.82 Å². The molecule has 0 spiro atoms. The van der Waals surface area contributed by atoms with E-state index in [9.17, 15) is 4.39 Å². The molecular formula is C9H7ClFN3S. The van der Waals surface area contributed by atoms with E-state index in [1.54, 1.807) is 12.3 Å². The first-order chi connectivity index (χ1) is 7.15. The van der Waals surface area contributed by atoms with E-state index in [4.69, 9.17) is 17.3 Å². The SMILES string of the molecule is Nc1cnc(Nc2ccc(F)cc2Cl)s1. The van der Waals surface area contributed by atoms with E-state index < -0.39 is 0 Å². The zero-order valence-electron chi connectivity index (χ0n) is 7.50. The van der Waals surface area contributed by atoms with Crippen molar-refractivity contribution in [3.8, 4) is 0 Å². The summed E-state index contributed by atoms with van der Waals surface area (Å²) >= 11 is 7.13. The molecule has 0 radical (unpaired) electrons. The van der Waals surface area contributed by atoms with Crippen LogP contribution < -0.4 is 11.1 Å². The molecule has 0 amide bonds. The largest absolute Gasteiger partial charge is 0.389 e. The molecular weight excluding hydrogens is 237 g/mol. The normalized spacial score (nSPS) is 10.3. The lowest BCUT2D eigenvalue weighted by atomic mass is 10.3. The maximum atomic E-state index is 12.7. The van der Waals surface area contributed by atoms with Crippen LogP contribution in [0.3, 0.4) is 0 Å². The average molecular weight is 244 g/mol. The van der Waals surface area contributed by atoms with Gasteiger partial charge in [0.25, 0.3) is 0 Å². The highest BCUT2D eigenvalue weighted by Gasteiger charge is 2.04. The lowest BCUT2D eigenvalue weighted by Gasteiger charge is -2.04. The number of hydrogen-bond acceptors (Lipinski definition) is 4. The Morgan fingerprint density at radius 3 is 2.87 bits per heavy atom. The molecule has 2 aromatic rings. The molecule has 0 fully saturated rings. The van der Waals surface area contributed by atoms with Crippen molar-refractivity contribution in [3.63, 3.8) is 0 Å². The van der Waals surface area contributed by atoms with E-state index in [1.165, 1.54) is 23.5 Å². The molecule has 1 aromatic heterocycles. The van der Waals surface area contributed by atoms with E-state index in [0.29, 0.717) is 20.8 Å². The van der Waals surface area contributed by atoms with Crippen LogP contribution in [-0.4, -0.2) is 4.98 Å². The van der Waals surface area contributed by atoms with Gasteiger partial charge in [0.1, 0.15) is 10.8 Å². The number of nitrogen functional groups attached to an aromatic ring is 1. The summed E-state index contributed by atoms with van der Waals surface area (Å²) in [5.74, 6) is -0.371. The third-order valence-electron chi connectivity index (χ3n) is 1.70. The number of benzene rings is 1. The van der Waals surface area contributed by atoms with Crippen LogP contribution in [0.4, 0.5) is 20.2 Å². The third kappa shape index (κ3) is 2.37. The Morgan fingerprint density at radius 1 is 1.47 bits per heavy atom. The van der Waals surface area contributed by atoms with Crippen LogP contribution in [-0.2, 0) is 0 Å². The topological polar surface area (TPSA) is 50.9 Å². The van der Waals surface area contributed by atoms with E-state index in [0.717, 1.165) is 0 Å². The van der Waals surface area contributed by atoms with Gasteiger partial charge in [-0.05, 0) is 18.2 Å². The van der Waals surface area contributed by atoms with Crippen LogP contribution in [0.25, 0.3) is 0 Å². The number of rotatable bonds is 2. The molecule has 3 N–H and O–H groups in total. The van der Waals surface area contributed by atoms with Crippen LogP contribution in [0.5, 0.6) is 0 Å². The lowest BCUT2D eigenvalue weighted by Crippen LogP contribution is -1.90. The van der Waals surface area contributed by atoms with Crippen molar-refractivity contribution in [3.05, 3.63) is 35.2 Å². The Morgan fingerprint density at radius 2 is 2.27 bits per heavy atom. The summed E-state index contributed by atoms with van der Waals surface area (Å²) < 4.78 is 12.7. The fourth-order valence-corrected chi connectivity index (χ4v) is 1.86. The quantitative estimate of drug-likeness (QED) is 0.851. The predicted octanol–water partition coefficient (Wildman–Crippen LogP) is 3.26. The number of aromatic nitrogens is 1. The van der Waals surface area contributed by atoms with Gasteiger partial charge < -0.3 is 11.1 Å². The van der Waals surface area contributed by atoms with Gasteiger partial charge in [-0.25, -0.2) is 9.37 Å². The van der Waals surface area contributed by atoms with Gasteiger partial charge in [0.15, 0.2) is 5.13 Å². The Labute approximate surface area is 94.7 Å². The number of anilines is 3. The second-order valence-electron chi connectivity index (χ2n) is 2.82. The highest BCUT2D eigenvalue weighted by molar-refractivity contribution is 7.19. The van der Waals surface area contributed by atoms with Gasteiger partial charge >= 0.3 is 0 Å². The Hall–Kier alpha value is -1.33. The monoisotopic (exact) mass is 243 g/mol. The van der Waals surface area contributed by atoms with E-state index in [2.05, 4.69) is 10.3 Å². The number of nitrogens with zero attached hydrogens (tertiary/aromatic N) is 1. The molecule has 78 valence electrons. The molecule has 0 atom stereocenters. The van der Waals surface area contributed by atoms with E-state index >= 15 is 0 Å². The van der Waals surface area contributed by atoms with Gasteiger partial charge in [-0.2, -0.15) is 0 Å². The summed E-state index contributed by atoms with van der Waals surface area (Å²) in [4.78, 5) is 4.00. The smallest absolute Gasteiger partial charge is 0.189 e. The first-order valence-corrected chi connectivity index (χ1v) is 5.28. The number of halogens is 2. The minimum atomic E-state index is -0.371. The number of nitrogens with one attached hydrogen (secondary N) is 1. The van der Waals surface area contributed by atoms with Crippen molar-refractivity contribution in [2.45, 2.75) is 0 Å². The maximum absolute atomic E-state index is 12.7. The minimum absolute atomic E-state index is 0.309. The zero-order valence-corrected chi connectivity index (χ0v) is 9.07. The number of hydrogen-bond donors (Lipinski definition) is 2. The van der Waals surface area contributed by atoms with Crippen molar-refractivity contribution >= 4 is 38.8 Å². The van der Waals surface area contributed by atoms with Gasteiger partial charge in [0, 0.05) is 0 Å². The summed E-state index contributed by atoms with van der Waals surface area (Å²) in [6.07, 6.45) is 1.55. The van der Waals surface area contributed by atoms with Gasteiger partial charge in [-0.15, -0.1) is 0 Å². The van der Waals surface area contributed by atoms with Crippen LogP contribution >= 0.6 is 22.9 Å². The highest BCUT2D eigenvalue weighted by atomic mass is 35.5. The predicted molar refractivity (Wildman–Crippen MR) is 61.2 cm³/mol. The van der Waals surface area contributed by atoms with Gasteiger partial charge in [-0.3, -0.25) is 0 Å². The van der Waals surface area contributed by atoms with Crippen LogP contribution in [0.15, 0.2) is 24.4 Å². The summed E-state index contributed by atoms with van der Waals surface area (Å²) in [5.41, 5.74) is 6.12. The molecule has 1 aromatic carbocycles. The van der Waals surface area contributed by atoms with Crippen molar-refractivity contribution in [1.29, 1.82) is 0 Å². The summed E-state index contributed by atoms with van der Waals surface area (Å²) in [7, 11) is 0. The second kappa shape index (κ2) is 4.04. The van der Waals surface area contributed by atoms with Gasteiger partial charge in [0.2, 0.25) is 0 Å². The molecule has 0 aliphatic heterocycles. The molecule has 0 saturated heterocycles. The highest BCUT2D eigenvalue weighted by Crippen LogP contribution is 2.28. The summed E-state index contributed by atoms with van der Waals surface area (Å²) in [6, 6.07) is 4.11. The van der Waals surface area contributed by atoms with Crippen molar-refractivity contribution < 1.29 is 4.39 Å².